The molecule has 0 saturated carbocycles. The van der Waals surface area contributed by atoms with Gasteiger partial charge >= 0.3 is 0 Å². The first-order valence-corrected chi connectivity index (χ1v) is 6.80. The van der Waals surface area contributed by atoms with Crippen LogP contribution in [0.1, 0.15) is 16.7 Å². The predicted octanol–water partition coefficient (Wildman–Crippen LogP) is 3.76. The van der Waals surface area contributed by atoms with E-state index in [4.69, 9.17) is 0 Å². The first-order chi connectivity index (χ1) is 10.0. The Morgan fingerprint density at radius 1 is 1.10 bits per heavy atom. The lowest BCUT2D eigenvalue weighted by Crippen LogP contribution is -2.08. The number of nitro benzene ring substituents is 1. The van der Waals surface area contributed by atoms with Crippen molar-refractivity contribution in [3.63, 3.8) is 0 Å². The van der Waals surface area contributed by atoms with Crippen LogP contribution in [0.2, 0.25) is 0 Å². The van der Waals surface area contributed by atoms with Crippen molar-refractivity contribution in [2.24, 2.45) is 0 Å². The highest BCUT2D eigenvalue weighted by Gasteiger charge is 2.17. The van der Waals surface area contributed by atoms with Gasteiger partial charge in [-0.1, -0.05) is 18.2 Å². The Balaban J connectivity index is 1.88. The molecule has 0 saturated heterocycles. The van der Waals surface area contributed by atoms with Gasteiger partial charge in [0, 0.05) is 31.9 Å². The van der Waals surface area contributed by atoms with Crippen LogP contribution in [-0.4, -0.2) is 19.0 Å². The highest BCUT2D eigenvalue weighted by molar-refractivity contribution is 5.89. The van der Waals surface area contributed by atoms with Gasteiger partial charge in [-0.2, -0.15) is 0 Å². The molecule has 0 unspecified atom stereocenters. The lowest BCUT2D eigenvalue weighted by molar-refractivity contribution is -0.384. The number of nitrogens with zero attached hydrogens (tertiary/aromatic N) is 2. The van der Waals surface area contributed by atoms with Gasteiger partial charge < -0.3 is 4.90 Å². The zero-order chi connectivity index (χ0) is 15.0. The van der Waals surface area contributed by atoms with Crippen LogP contribution in [0.25, 0.3) is 11.6 Å². The first kappa shape index (κ1) is 13.4. The number of hydrogen-bond acceptors (Lipinski definition) is 3. The number of benzene rings is 2. The zero-order valence-corrected chi connectivity index (χ0v) is 12.0. The largest absolute Gasteiger partial charge is 0.378 e. The quantitative estimate of drug-likeness (QED) is 0.635. The summed E-state index contributed by atoms with van der Waals surface area (Å²) in [5.74, 6) is 0. The van der Waals surface area contributed by atoms with E-state index in [1.807, 2.05) is 20.2 Å². The summed E-state index contributed by atoms with van der Waals surface area (Å²) in [7, 11) is 4.03. The van der Waals surface area contributed by atoms with E-state index in [2.05, 4.69) is 35.2 Å². The lowest BCUT2D eigenvalue weighted by atomic mass is 10.0. The summed E-state index contributed by atoms with van der Waals surface area (Å²) in [6, 6.07) is 13.4. The Bertz CT molecular complexity index is 731. The van der Waals surface area contributed by atoms with Crippen molar-refractivity contribution >= 4 is 23.0 Å². The first-order valence-electron chi connectivity index (χ1n) is 6.80. The predicted molar refractivity (Wildman–Crippen MR) is 85.4 cm³/mol. The monoisotopic (exact) mass is 280 g/mol. The molecule has 0 aliphatic heterocycles. The van der Waals surface area contributed by atoms with Gasteiger partial charge in [0.05, 0.1) is 4.92 Å². The van der Waals surface area contributed by atoms with Crippen molar-refractivity contribution in [1.82, 2.24) is 0 Å². The van der Waals surface area contributed by atoms with E-state index in [1.165, 1.54) is 11.1 Å². The molecule has 0 amide bonds. The third-order valence-corrected chi connectivity index (χ3v) is 3.80. The van der Waals surface area contributed by atoms with Gasteiger partial charge in [0.25, 0.3) is 5.69 Å². The number of hydrogen-bond donors (Lipinski definition) is 0. The topological polar surface area (TPSA) is 46.4 Å². The third kappa shape index (κ3) is 2.52. The SMILES string of the molecule is CN(C)c1ccc(C2=Cc3ccc([N+](=O)[O-])cc3C2)cc1. The van der Waals surface area contributed by atoms with E-state index in [1.54, 1.807) is 12.1 Å². The molecular formula is C17H16N2O2. The minimum absolute atomic E-state index is 0.159. The number of fused-ring (bicyclic) bond motifs is 1. The van der Waals surface area contributed by atoms with Gasteiger partial charge in [0.2, 0.25) is 0 Å². The van der Waals surface area contributed by atoms with E-state index in [9.17, 15) is 10.1 Å². The molecule has 0 radical (unpaired) electrons. The Labute approximate surface area is 123 Å². The second-order valence-corrected chi connectivity index (χ2v) is 5.43. The maximum Gasteiger partial charge on any atom is 0.269 e. The van der Waals surface area contributed by atoms with Crippen LogP contribution < -0.4 is 4.90 Å². The number of non-ortho nitro benzene ring substituents is 1. The molecule has 0 N–H and O–H groups in total. The summed E-state index contributed by atoms with van der Waals surface area (Å²) >= 11 is 0. The van der Waals surface area contributed by atoms with Crippen LogP contribution in [0.15, 0.2) is 42.5 Å². The zero-order valence-electron chi connectivity index (χ0n) is 12.0. The molecule has 4 heteroatoms. The Kier molecular flexibility index (Phi) is 3.22. The highest BCUT2D eigenvalue weighted by atomic mass is 16.6. The van der Waals surface area contributed by atoms with Crippen LogP contribution in [0.5, 0.6) is 0 Å². The average molecular weight is 280 g/mol. The van der Waals surface area contributed by atoms with Crippen LogP contribution in [0.3, 0.4) is 0 Å². The second kappa shape index (κ2) is 5.05. The molecule has 2 aromatic carbocycles. The van der Waals surface area contributed by atoms with Crippen LogP contribution in [0, 0.1) is 10.1 Å². The molecule has 0 fully saturated rings. The summed E-state index contributed by atoms with van der Waals surface area (Å²) in [6.45, 7) is 0. The Hall–Kier alpha value is -2.62. The Morgan fingerprint density at radius 3 is 2.43 bits per heavy atom. The fourth-order valence-corrected chi connectivity index (χ4v) is 2.60. The number of allylic oxidation sites excluding steroid dienone is 1. The van der Waals surface area contributed by atoms with E-state index < -0.39 is 0 Å². The van der Waals surface area contributed by atoms with E-state index >= 15 is 0 Å². The molecule has 4 nitrogen and oxygen atoms in total. The van der Waals surface area contributed by atoms with E-state index in [0.717, 1.165) is 23.2 Å². The molecule has 0 aromatic heterocycles. The maximum atomic E-state index is 10.8. The number of nitro groups is 1. The van der Waals surface area contributed by atoms with Crippen molar-refractivity contribution in [3.05, 3.63) is 69.3 Å². The molecule has 0 spiro atoms. The molecule has 0 bridgehead atoms. The highest BCUT2D eigenvalue weighted by Crippen LogP contribution is 2.34. The van der Waals surface area contributed by atoms with Crippen molar-refractivity contribution in [1.29, 1.82) is 0 Å². The summed E-state index contributed by atoms with van der Waals surface area (Å²) < 4.78 is 0. The molecule has 1 aliphatic rings. The van der Waals surface area contributed by atoms with Crippen LogP contribution >= 0.6 is 0 Å². The van der Waals surface area contributed by atoms with Gasteiger partial charge in [0.1, 0.15) is 0 Å². The maximum absolute atomic E-state index is 10.8. The van der Waals surface area contributed by atoms with E-state index in [0.29, 0.717) is 0 Å². The van der Waals surface area contributed by atoms with Gasteiger partial charge in [-0.05, 0) is 46.9 Å². The van der Waals surface area contributed by atoms with Gasteiger partial charge in [-0.25, -0.2) is 0 Å². The molecule has 2 aromatic rings. The summed E-state index contributed by atoms with van der Waals surface area (Å²) in [5.41, 5.74) is 5.79. The molecule has 3 rings (SSSR count). The van der Waals surface area contributed by atoms with Crippen LogP contribution in [-0.2, 0) is 6.42 Å². The fraction of sp³-hybridized carbons (Fsp3) is 0.176. The summed E-state index contributed by atoms with van der Waals surface area (Å²) in [5, 5.41) is 10.8. The second-order valence-electron chi connectivity index (χ2n) is 5.43. The van der Waals surface area contributed by atoms with Crippen molar-refractivity contribution in [2.75, 3.05) is 19.0 Å². The van der Waals surface area contributed by atoms with Gasteiger partial charge in [-0.15, -0.1) is 0 Å². The van der Waals surface area contributed by atoms with Crippen LogP contribution in [0.4, 0.5) is 11.4 Å². The average Bonchev–Trinajstić information content (AvgIpc) is 2.90. The minimum Gasteiger partial charge on any atom is -0.378 e. The van der Waals surface area contributed by atoms with Crippen molar-refractivity contribution in [3.8, 4) is 0 Å². The van der Waals surface area contributed by atoms with Gasteiger partial charge in [-0.3, -0.25) is 10.1 Å². The smallest absolute Gasteiger partial charge is 0.269 e. The van der Waals surface area contributed by atoms with Gasteiger partial charge in [0.15, 0.2) is 0 Å². The van der Waals surface area contributed by atoms with Crippen molar-refractivity contribution < 1.29 is 4.92 Å². The number of anilines is 1. The summed E-state index contributed by atoms with van der Waals surface area (Å²) in [4.78, 5) is 12.6. The molecule has 1 aliphatic carbocycles. The molecular weight excluding hydrogens is 264 g/mol. The van der Waals surface area contributed by atoms with Crippen molar-refractivity contribution in [2.45, 2.75) is 6.42 Å². The third-order valence-electron chi connectivity index (χ3n) is 3.80. The molecule has 106 valence electrons. The Morgan fingerprint density at radius 2 is 1.81 bits per heavy atom. The molecule has 0 heterocycles. The summed E-state index contributed by atoms with van der Waals surface area (Å²) in [6.07, 6.45) is 2.86. The normalized spacial score (nSPS) is 12.8. The molecule has 21 heavy (non-hydrogen) atoms. The fourth-order valence-electron chi connectivity index (χ4n) is 2.60. The molecule has 0 atom stereocenters. The lowest BCUT2D eigenvalue weighted by Gasteiger charge is -2.12. The number of rotatable bonds is 3. The van der Waals surface area contributed by atoms with E-state index in [-0.39, 0.29) is 10.6 Å². The minimum atomic E-state index is -0.343. The standard InChI is InChI=1S/C17H16N2O2/c1-18(2)16-6-3-12(4-7-16)14-9-13-5-8-17(19(20)21)11-15(13)10-14/h3-9,11H,10H2,1-2H3.